The quantitative estimate of drug-likeness (QED) is 0.692. The molecule has 0 aliphatic carbocycles. The first-order valence-electron chi connectivity index (χ1n) is 4.39. The Morgan fingerprint density at radius 3 is 2.44 bits per heavy atom. The van der Waals surface area contributed by atoms with Gasteiger partial charge in [-0.05, 0) is 62.2 Å². The Bertz CT molecular complexity index is 502. The lowest BCUT2D eigenvalue weighted by Crippen LogP contribution is -1.82. The Labute approximate surface area is 120 Å². The molecule has 0 aliphatic rings. The third-order valence-corrected chi connectivity index (χ3v) is 4.38. The zero-order chi connectivity index (χ0) is 11.5. The summed E-state index contributed by atoms with van der Waals surface area (Å²) in [6.45, 7) is 0. The van der Waals surface area contributed by atoms with E-state index in [1.807, 2.05) is 30.3 Å². The van der Waals surface area contributed by atoms with Crippen molar-refractivity contribution in [1.82, 2.24) is 4.98 Å². The highest BCUT2D eigenvalue weighted by Gasteiger charge is 2.04. The maximum atomic E-state index is 5.83. The highest BCUT2D eigenvalue weighted by atomic mass is 79.9. The van der Waals surface area contributed by atoms with E-state index in [9.17, 15) is 0 Å². The highest BCUT2D eigenvalue weighted by Crippen LogP contribution is 2.33. The number of aromatic nitrogens is 1. The van der Waals surface area contributed by atoms with Crippen molar-refractivity contribution < 1.29 is 0 Å². The minimum atomic E-state index is 0.743. The Kier molecular flexibility index (Phi) is 4.30. The molecule has 0 saturated carbocycles. The minimum absolute atomic E-state index is 0.743. The lowest BCUT2D eigenvalue weighted by molar-refractivity contribution is 1.10. The molecule has 2 rings (SSSR count). The normalized spacial score (nSPS) is 10.4. The van der Waals surface area contributed by atoms with Gasteiger partial charge in [-0.25, -0.2) is 4.98 Å². The minimum Gasteiger partial charge on any atom is -0.247 e. The Hall–Kier alpha value is -0.0300. The van der Waals surface area contributed by atoms with E-state index < -0.39 is 0 Å². The first kappa shape index (κ1) is 12.4. The van der Waals surface area contributed by atoms with Gasteiger partial charge >= 0.3 is 0 Å². The molecular weight excluding hydrogens is 373 g/mol. The molecular formula is C11H6Br2ClNS. The van der Waals surface area contributed by atoms with Gasteiger partial charge in [0.1, 0.15) is 5.03 Å². The Morgan fingerprint density at radius 2 is 1.81 bits per heavy atom. The van der Waals surface area contributed by atoms with Gasteiger partial charge in [0, 0.05) is 20.6 Å². The molecule has 0 saturated heterocycles. The van der Waals surface area contributed by atoms with Crippen LogP contribution in [0.3, 0.4) is 0 Å². The van der Waals surface area contributed by atoms with E-state index in [0.717, 1.165) is 23.9 Å². The first-order valence-corrected chi connectivity index (χ1v) is 7.17. The van der Waals surface area contributed by atoms with Gasteiger partial charge in [0.2, 0.25) is 0 Å². The van der Waals surface area contributed by atoms with E-state index >= 15 is 0 Å². The lowest BCUT2D eigenvalue weighted by Gasteiger charge is -2.03. The third kappa shape index (κ3) is 3.23. The number of halogens is 3. The van der Waals surface area contributed by atoms with E-state index in [2.05, 4.69) is 36.8 Å². The molecule has 1 aromatic heterocycles. The van der Waals surface area contributed by atoms with Gasteiger partial charge in [-0.1, -0.05) is 23.4 Å². The zero-order valence-corrected chi connectivity index (χ0v) is 12.7. The van der Waals surface area contributed by atoms with E-state index in [4.69, 9.17) is 11.6 Å². The van der Waals surface area contributed by atoms with Crippen molar-refractivity contribution in [2.45, 2.75) is 9.92 Å². The van der Waals surface area contributed by atoms with Crippen LogP contribution in [0.5, 0.6) is 0 Å². The van der Waals surface area contributed by atoms with Crippen molar-refractivity contribution in [2.75, 3.05) is 0 Å². The fraction of sp³-hybridized carbons (Fsp3) is 0. The Morgan fingerprint density at radius 1 is 1.12 bits per heavy atom. The van der Waals surface area contributed by atoms with Gasteiger partial charge in [-0.2, -0.15) is 0 Å². The molecule has 0 aliphatic heterocycles. The summed E-state index contributed by atoms with van der Waals surface area (Å²) in [5.74, 6) is 0. The van der Waals surface area contributed by atoms with Crippen LogP contribution >= 0.6 is 55.2 Å². The zero-order valence-electron chi connectivity index (χ0n) is 7.95. The van der Waals surface area contributed by atoms with Gasteiger partial charge in [0.05, 0.1) is 4.47 Å². The number of hydrogen-bond acceptors (Lipinski definition) is 2. The topological polar surface area (TPSA) is 12.9 Å². The maximum absolute atomic E-state index is 5.83. The smallest absolute Gasteiger partial charge is 0.115 e. The van der Waals surface area contributed by atoms with Crippen molar-refractivity contribution in [3.05, 3.63) is 50.5 Å². The fourth-order valence-corrected chi connectivity index (χ4v) is 3.20. The molecule has 5 heteroatoms. The fourth-order valence-electron chi connectivity index (χ4n) is 1.09. The van der Waals surface area contributed by atoms with Crippen LogP contribution in [0.15, 0.2) is 55.4 Å². The average molecular weight is 380 g/mol. The summed E-state index contributed by atoms with van der Waals surface area (Å²) >= 11 is 14.3. The molecule has 2 aromatic rings. The van der Waals surface area contributed by atoms with Gasteiger partial charge < -0.3 is 0 Å². The summed E-state index contributed by atoms with van der Waals surface area (Å²) in [5.41, 5.74) is 0. The van der Waals surface area contributed by atoms with Crippen LogP contribution in [0, 0.1) is 0 Å². The largest absolute Gasteiger partial charge is 0.247 e. The molecule has 16 heavy (non-hydrogen) atoms. The van der Waals surface area contributed by atoms with E-state index in [1.165, 1.54) is 0 Å². The molecule has 0 N–H and O–H groups in total. The summed E-state index contributed by atoms with van der Waals surface area (Å²) in [6, 6.07) is 9.67. The van der Waals surface area contributed by atoms with Crippen LogP contribution < -0.4 is 0 Å². The second-order valence-electron chi connectivity index (χ2n) is 3.00. The van der Waals surface area contributed by atoms with Crippen LogP contribution in [0.1, 0.15) is 0 Å². The predicted octanol–water partition coefficient (Wildman–Crippen LogP) is 5.41. The molecule has 0 amide bonds. The van der Waals surface area contributed by atoms with Gasteiger partial charge in [0.25, 0.3) is 0 Å². The molecule has 1 aromatic carbocycles. The molecule has 1 nitrogen and oxygen atoms in total. The summed E-state index contributed by atoms with van der Waals surface area (Å²) in [7, 11) is 0. The van der Waals surface area contributed by atoms with E-state index in [0.29, 0.717) is 0 Å². The second kappa shape index (κ2) is 5.54. The van der Waals surface area contributed by atoms with Crippen molar-refractivity contribution in [3.8, 4) is 0 Å². The number of rotatable bonds is 2. The molecule has 0 atom stereocenters. The number of hydrogen-bond donors (Lipinski definition) is 0. The van der Waals surface area contributed by atoms with E-state index in [1.54, 1.807) is 18.0 Å². The standard InChI is InChI=1S/C11H6Br2ClNS/c12-7-5-10(13)11(15-6-7)16-9-3-1-8(14)2-4-9/h1-6H. The summed E-state index contributed by atoms with van der Waals surface area (Å²) in [4.78, 5) is 5.44. The molecule has 0 bridgehead atoms. The summed E-state index contributed by atoms with van der Waals surface area (Å²) in [5, 5.41) is 1.68. The molecule has 0 unspecified atom stereocenters. The van der Waals surface area contributed by atoms with Crippen LogP contribution in [-0.2, 0) is 0 Å². The molecule has 82 valence electrons. The van der Waals surface area contributed by atoms with Crippen LogP contribution in [-0.4, -0.2) is 4.98 Å². The second-order valence-corrected chi connectivity index (χ2v) is 6.27. The highest BCUT2D eigenvalue weighted by molar-refractivity contribution is 9.11. The predicted molar refractivity (Wildman–Crippen MR) is 75.2 cm³/mol. The van der Waals surface area contributed by atoms with Crippen LogP contribution in [0.2, 0.25) is 5.02 Å². The maximum Gasteiger partial charge on any atom is 0.115 e. The summed E-state index contributed by atoms with van der Waals surface area (Å²) < 4.78 is 1.93. The van der Waals surface area contributed by atoms with Gasteiger partial charge in [-0.15, -0.1) is 0 Å². The van der Waals surface area contributed by atoms with Crippen molar-refractivity contribution in [3.63, 3.8) is 0 Å². The monoisotopic (exact) mass is 377 g/mol. The number of nitrogens with zero attached hydrogens (tertiary/aromatic N) is 1. The molecule has 0 spiro atoms. The first-order chi connectivity index (χ1) is 7.65. The summed E-state index contributed by atoms with van der Waals surface area (Å²) in [6.07, 6.45) is 1.78. The molecule has 0 fully saturated rings. The number of benzene rings is 1. The Balaban J connectivity index is 2.23. The van der Waals surface area contributed by atoms with Gasteiger partial charge in [-0.3, -0.25) is 0 Å². The SMILES string of the molecule is Clc1ccc(Sc2ncc(Br)cc2Br)cc1. The third-order valence-electron chi connectivity index (χ3n) is 1.80. The van der Waals surface area contributed by atoms with Crippen molar-refractivity contribution >= 4 is 55.2 Å². The lowest BCUT2D eigenvalue weighted by atomic mass is 10.4. The van der Waals surface area contributed by atoms with Crippen LogP contribution in [0.4, 0.5) is 0 Å². The van der Waals surface area contributed by atoms with Crippen molar-refractivity contribution in [1.29, 1.82) is 0 Å². The van der Waals surface area contributed by atoms with Crippen molar-refractivity contribution in [2.24, 2.45) is 0 Å². The molecule has 1 heterocycles. The van der Waals surface area contributed by atoms with Crippen LogP contribution in [0.25, 0.3) is 0 Å². The average Bonchev–Trinajstić information content (AvgIpc) is 2.25. The molecule has 0 radical (unpaired) electrons. The van der Waals surface area contributed by atoms with Gasteiger partial charge in [0.15, 0.2) is 0 Å². The number of pyridine rings is 1. The van der Waals surface area contributed by atoms with E-state index in [-0.39, 0.29) is 0 Å².